The van der Waals surface area contributed by atoms with E-state index in [1.165, 1.54) is 11.3 Å². The Bertz CT molecular complexity index is 349. The fourth-order valence-corrected chi connectivity index (χ4v) is 2.22. The summed E-state index contributed by atoms with van der Waals surface area (Å²) in [6.07, 6.45) is 0. The number of hydrogen-bond donors (Lipinski definition) is 1. The monoisotopic (exact) mass is 234 g/mol. The number of aryl methyl sites for hydroxylation is 1. The molecule has 0 saturated heterocycles. The third-order valence-electron chi connectivity index (χ3n) is 1.43. The van der Waals surface area contributed by atoms with Crippen molar-refractivity contribution in [3.8, 4) is 0 Å². The lowest BCUT2D eigenvalue weighted by Gasteiger charge is -1.98. The summed E-state index contributed by atoms with van der Waals surface area (Å²) in [6.45, 7) is 5.33. The lowest BCUT2D eigenvalue weighted by Crippen LogP contribution is -1.96. The van der Waals surface area contributed by atoms with Crippen molar-refractivity contribution >= 4 is 44.7 Å². The molecule has 2 nitrogen and oxygen atoms in total. The number of nitrogen functional groups attached to an aromatic ring is 1. The zero-order chi connectivity index (χ0) is 10.0. The summed E-state index contributed by atoms with van der Waals surface area (Å²) in [7, 11) is 0. The number of rotatable bonds is 2. The maximum Gasteiger partial charge on any atom is 0.141 e. The van der Waals surface area contributed by atoms with Gasteiger partial charge in [-0.25, -0.2) is 4.99 Å². The molecule has 1 aromatic heterocycles. The number of nitrogens with zero attached hydrogens (tertiary/aromatic N) is 1. The Morgan fingerprint density at radius 1 is 1.62 bits per heavy atom. The highest BCUT2D eigenvalue weighted by molar-refractivity contribution is 7.14. The summed E-state index contributed by atoms with van der Waals surface area (Å²) in [5.74, 6) is 0. The predicted molar refractivity (Wildman–Crippen MR) is 60.9 cm³/mol. The van der Waals surface area contributed by atoms with Crippen molar-refractivity contribution in [1.29, 1.82) is 0 Å². The van der Waals surface area contributed by atoms with E-state index < -0.39 is 0 Å². The van der Waals surface area contributed by atoms with E-state index in [-0.39, 0.29) is 10.3 Å². The summed E-state index contributed by atoms with van der Waals surface area (Å²) in [5.41, 5.74) is 7.44. The van der Waals surface area contributed by atoms with E-state index >= 15 is 0 Å². The van der Waals surface area contributed by atoms with Crippen molar-refractivity contribution in [3.05, 3.63) is 28.2 Å². The Kier molecular flexibility index (Phi) is 3.36. The minimum absolute atomic E-state index is 0.148. The highest BCUT2D eigenvalue weighted by Crippen LogP contribution is 2.27. The highest BCUT2D eigenvalue weighted by Gasteiger charge is 2.10. The van der Waals surface area contributed by atoms with Crippen LogP contribution in [0.4, 0.5) is 5.00 Å². The molecule has 0 unspecified atom stereocenters. The SMILES string of the molecule is C=C(Cl)/N=C(/Cl)c1c(C)csc1N. The van der Waals surface area contributed by atoms with E-state index in [0.717, 1.165) is 11.1 Å². The minimum atomic E-state index is 0.148. The summed E-state index contributed by atoms with van der Waals surface area (Å²) in [4.78, 5) is 3.82. The molecule has 5 heteroatoms. The quantitative estimate of drug-likeness (QED) is 0.619. The van der Waals surface area contributed by atoms with Crippen LogP contribution in [0.3, 0.4) is 0 Å². The molecule has 1 heterocycles. The fraction of sp³-hybridized carbons (Fsp3) is 0.125. The van der Waals surface area contributed by atoms with Gasteiger partial charge in [0.15, 0.2) is 0 Å². The van der Waals surface area contributed by atoms with E-state index in [2.05, 4.69) is 11.6 Å². The molecule has 0 fully saturated rings. The van der Waals surface area contributed by atoms with Gasteiger partial charge in [-0.1, -0.05) is 29.8 Å². The summed E-state index contributed by atoms with van der Waals surface area (Å²) < 4.78 is 0. The number of anilines is 1. The first-order chi connectivity index (χ1) is 6.02. The number of thiophene rings is 1. The number of hydrogen-bond acceptors (Lipinski definition) is 3. The Labute approximate surface area is 90.7 Å². The first-order valence-corrected chi connectivity index (χ1v) is 5.08. The van der Waals surface area contributed by atoms with Gasteiger partial charge in [-0.15, -0.1) is 11.3 Å². The molecular weight excluding hydrogens is 227 g/mol. The van der Waals surface area contributed by atoms with Crippen molar-refractivity contribution < 1.29 is 0 Å². The van der Waals surface area contributed by atoms with Gasteiger partial charge in [0.2, 0.25) is 0 Å². The fourth-order valence-electron chi connectivity index (χ4n) is 0.891. The maximum atomic E-state index is 5.88. The molecule has 0 bridgehead atoms. The van der Waals surface area contributed by atoms with E-state index in [9.17, 15) is 0 Å². The normalized spacial score (nSPS) is 11.8. The topological polar surface area (TPSA) is 38.4 Å². The molecule has 2 N–H and O–H groups in total. The van der Waals surface area contributed by atoms with Crippen LogP contribution in [0.25, 0.3) is 0 Å². The number of nitrogens with two attached hydrogens (primary N) is 1. The molecule has 0 amide bonds. The van der Waals surface area contributed by atoms with Crippen molar-refractivity contribution in [3.63, 3.8) is 0 Å². The molecule has 0 aliphatic carbocycles. The second-order valence-corrected chi connectivity index (χ2v) is 4.14. The maximum absolute atomic E-state index is 5.88. The van der Waals surface area contributed by atoms with Gasteiger partial charge < -0.3 is 5.73 Å². The van der Waals surface area contributed by atoms with Crippen LogP contribution in [0.2, 0.25) is 0 Å². The van der Waals surface area contributed by atoms with Gasteiger partial charge in [-0.3, -0.25) is 0 Å². The average Bonchev–Trinajstić information content (AvgIpc) is 2.29. The Balaban J connectivity index is 3.14. The summed E-state index contributed by atoms with van der Waals surface area (Å²) in [5, 5.41) is 3.00. The van der Waals surface area contributed by atoms with Crippen LogP contribution in [0.15, 0.2) is 22.1 Å². The third-order valence-corrected chi connectivity index (χ3v) is 2.72. The van der Waals surface area contributed by atoms with Crippen LogP contribution in [-0.2, 0) is 0 Å². The summed E-state index contributed by atoms with van der Waals surface area (Å²) in [6, 6.07) is 0. The molecule has 0 spiro atoms. The lowest BCUT2D eigenvalue weighted by molar-refractivity contribution is 1.49. The third kappa shape index (κ3) is 2.46. The van der Waals surface area contributed by atoms with Crippen LogP contribution >= 0.6 is 34.5 Å². The number of halogens is 2. The van der Waals surface area contributed by atoms with Gasteiger partial charge in [-0.2, -0.15) is 0 Å². The largest absolute Gasteiger partial charge is 0.390 e. The van der Waals surface area contributed by atoms with Gasteiger partial charge in [-0.05, 0) is 17.9 Å². The van der Waals surface area contributed by atoms with Crippen LogP contribution in [0.1, 0.15) is 11.1 Å². The average molecular weight is 235 g/mol. The Morgan fingerprint density at radius 2 is 2.23 bits per heavy atom. The van der Waals surface area contributed by atoms with Gasteiger partial charge in [0.05, 0.1) is 5.00 Å². The van der Waals surface area contributed by atoms with E-state index in [1.54, 1.807) is 0 Å². The Hall–Kier alpha value is -0.510. The van der Waals surface area contributed by atoms with Crippen molar-refractivity contribution in [2.45, 2.75) is 6.92 Å². The summed E-state index contributed by atoms with van der Waals surface area (Å²) >= 11 is 12.8. The van der Waals surface area contributed by atoms with E-state index in [1.807, 2.05) is 12.3 Å². The van der Waals surface area contributed by atoms with Crippen molar-refractivity contribution in [1.82, 2.24) is 0 Å². The van der Waals surface area contributed by atoms with Crippen LogP contribution in [-0.4, -0.2) is 5.17 Å². The molecular formula is C8H8Cl2N2S. The van der Waals surface area contributed by atoms with Gasteiger partial charge >= 0.3 is 0 Å². The van der Waals surface area contributed by atoms with Crippen LogP contribution in [0.5, 0.6) is 0 Å². The molecule has 0 saturated carbocycles. The molecule has 0 aliphatic rings. The first kappa shape index (κ1) is 10.6. The minimum Gasteiger partial charge on any atom is -0.390 e. The second kappa shape index (κ2) is 4.13. The van der Waals surface area contributed by atoms with Gasteiger partial charge in [0, 0.05) is 5.56 Å². The van der Waals surface area contributed by atoms with Crippen LogP contribution in [0, 0.1) is 6.92 Å². The first-order valence-electron chi connectivity index (χ1n) is 3.45. The van der Waals surface area contributed by atoms with Crippen molar-refractivity contribution in [2.24, 2.45) is 4.99 Å². The zero-order valence-electron chi connectivity index (χ0n) is 6.97. The number of aliphatic imine (C=N–C) groups is 1. The molecule has 13 heavy (non-hydrogen) atoms. The van der Waals surface area contributed by atoms with E-state index in [4.69, 9.17) is 28.9 Å². The lowest BCUT2D eigenvalue weighted by atomic mass is 10.2. The predicted octanol–water partition coefficient (Wildman–Crippen LogP) is 3.33. The molecule has 0 aromatic carbocycles. The molecule has 1 aromatic rings. The highest BCUT2D eigenvalue weighted by atomic mass is 35.5. The molecule has 0 atom stereocenters. The standard InChI is InChI=1S/C8H8Cl2N2S/c1-4-3-13-8(11)6(4)7(10)12-5(2)9/h3H,2,11H2,1H3/b12-7+. The van der Waals surface area contributed by atoms with Gasteiger partial charge in [0.1, 0.15) is 10.3 Å². The second-order valence-electron chi connectivity index (χ2n) is 2.44. The molecule has 1 rings (SSSR count). The molecule has 70 valence electrons. The van der Waals surface area contributed by atoms with Crippen molar-refractivity contribution in [2.75, 3.05) is 5.73 Å². The molecule has 0 radical (unpaired) electrons. The van der Waals surface area contributed by atoms with E-state index in [0.29, 0.717) is 5.00 Å². The molecule has 0 aliphatic heterocycles. The van der Waals surface area contributed by atoms with Gasteiger partial charge in [0.25, 0.3) is 0 Å². The smallest absolute Gasteiger partial charge is 0.141 e. The Morgan fingerprint density at radius 3 is 2.62 bits per heavy atom. The van der Waals surface area contributed by atoms with Crippen LogP contribution < -0.4 is 5.73 Å². The zero-order valence-corrected chi connectivity index (χ0v) is 9.30.